The predicted octanol–water partition coefficient (Wildman–Crippen LogP) is -1.65. The number of carbonyl (C=O) groups is 2. The minimum absolute atomic E-state index is 0.156. The Hall–Kier alpha value is -2.78. The number of rotatable bonds is 5. The zero-order chi connectivity index (χ0) is 13.8. The molecule has 0 aromatic carbocycles. The van der Waals surface area contributed by atoms with Gasteiger partial charge in [0.25, 0.3) is 0 Å². The highest BCUT2D eigenvalue weighted by Gasteiger charge is 2.23. The van der Waals surface area contributed by atoms with Crippen molar-refractivity contribution in [2.24, 2.45) is 7.05 Å². The maximum atomic E-state index is 11.7. The molecule has 0 spiro atoms. The average molecular weight is 265 g/mol. The van der Waals surface area contributed by atoms with Crippen LogP contribution in [0.3, 0.4) is 0 Å². The van der Waals surface area contributed by atoms with E-state index in [0.717, 1.165) is 0 Å². The molecule has 10 heteroatoms. The molecule has 2 heterocycles. The van der Waals surface area contributed by atoms with E-state index >= 15 is 0 Å². The van der Waals surface area contributed by atoms with Crippen LogP contribution in [-0.4, -0.2) is 47.0 Å². The Labute approximate surface area is 107 Å². The Bertz CT molecular complexity index is 576. The second-order valence-corrected chi connectivity index (χ2v) is 3.79. The Morgan fingerprint density at radius 3 is 2.84 bits per heavy atom. The summed E-state index contributed by atoms with van der Waals surface area (Å²) in [5.74, 6) is -1.68. The molecule has 19 heavy (non-hydrogen) atoms. The Morgan fingerprint density at radius 1 is 1.53 bits per heavy atom. The average Bonchev–Trinajstić information content (AvgIpc) is 2.97. The number of tetrazole rings is 1. The van der Waals surface area contributed by atoms with Crippen LogP contribution in [0.15, 0.2) is 18.7 Å². The van der Waals surface area contributed by atoms with Crippen molar-refractivity contribution in [2.45, 2.75) is 12.6 Å². The highest BCUT2D eigenvalue weighted by Crippen LogP contribution is 2.11. The van der Waals surface area contributed by atoms with E-state index in [9.17, 15) is 9.59 Å². The third-order valence-electron chi connectivity index (χ3n) is 2.31. The molecule has 0 aliphatic rings. The molecule has 1 unspecified atom stereocenters. The van der Waals surface area contributed by atoms with Gasteiger partial charge < -0.3 is 10.4 Å². The van der Waals surface area contributed by atoms with Crippen LogP contribution >= 0.6 is 0 Å². The van der Waals surface area contributed by atoms with E-state index in [-0.39, 0.29) is 6.54 Å². The van der Waals surface area contributed by atoms with Crippen molar-refractivity contribution >= 4 is 11.9 Å². The van der Waals surface area contributed by atoms with Gasteiger partial charge in [-0.15, -0.1) is 5.10 Å². The third kappa shape index (κ3) is 3.12. The fraction of sp³-hybridized carbons (Fsp3) is 0.333. The first-order chi connectivity index (χ1) is 9.06. The Morgan fingerprint density at radius 2 is 2.32 bits per heavy atom. The van der Waals surface area contributed by atoms with Crippen molar-refractivity contribution in [1.82, 2.24) is 35.3 Å². The number of aryl methyl sites for hydroxylation is 1. The van der Waals surface area contributed by atoms with E-state index in [4.69, 9.17) is 5.11 Å². The highest BCUT2D eigenvalue weighted by molar-refractivity contribution is 5.84. The molecular formula is C9H11N7O3. The van der Waals surface area contributed by atoms with Crippen LogP contribution < -0.4 is 5.32 Å². The highest BCUT2D eigenvalue weighted by atomic mass is 16.4. The van der Waals surface area contributed by atoms with Gasteiger partial charge in [-0.25, -0.2) is 9.48 Å². The van der Waals surface area contributed by atoms with E-state index in [1.165, 1.54) is 28.1 Å². The summed E-state index contributed by atoms with van der Waals surface area (Å²) < 4.78 is 2.65. The lowest BCUT2D eigenvalue weighted by atomic mass is 10.1. The van der Waals surface area contributed by atoms with E-state index in [1.807, 2.05) is 0 Å². The molecule has 0 saturated carbocycles. The van der Waals surface area contributed by atoms with Crippen LogP contribution in [-0.2, 0) is 23.2 Å². The van der Waals surface area contributed by atoms with E-state index in [0.29, 0.717) is 5.56 Å². The summed E-state index contributed by atoms with van der Waals surface area (Å²) in [6.07, 6.45) is 4.17. The SMILES string of the molecule is Cn1cc(C(NC(=O)Cn2cnnn2)C(=O)O)cn1. The number of carbonyl (C=O) groups excluding carboxylic acids is 1. The van der Waals surface area contributed by atoms with Gasteiger partial charge in [0.2, 0.25) is 5.91 Å². The fourth-order valence-corrected chi connectivity index (χ4v) is 1.48. The first-order valence-electron chi connectivity index (χ1n) is 5.28. The molecule has 0 saturated heterocycles. The molecule has 0 aliphatic carbocycles. The number of hydrogen-bond acceptors (Lipinski definition) is 6. The van der Waals surface area contributed by atoms with E-state index in [1.54, 1.807) is 7.05 Å². The Balaban J connectivity index is 2.05. The summed E-state index contributed by atoms with van der Waals surface area (Å²) in [7, 11) is 1.66. The van der Waals surface area contributed by atoms with Crippen molar-refractivity contribution in [3.8, 4) is 0 Å². The van der Waals surface area contributed by atoms with Gasteiger partial charge in [-0.05, 0) is 10.4 Å². The van der Waals surface area contributed by atoms with Crippen molar-refractivity contribution < 1.29 is 14.7 Å². The third-order valence-corrected chi connectivity index (χ3v) is 2.31. The van der Waals surface area contributed by atoms with Crippen LogP contribution in [0.1, 0.15) is 11.6 Å². The number of nitrogens with zero attached hydrogens (tertiary/aromatic N) is 6. The molecule has 100 valence electrons. The number of aliphatic carboxylic acids is 1. The maximum absolute atomic E-state index is 11.7. The largest absolute Gasteiger partial charge is 0.479 e. The zero-order valence-electron chi connectivity index (χ0n) is 9.96. The van der Waals surface area contributed by atoms with Gasteiger partial charge in [-0.3, -0.25) is 9.48 Å². The molecular weight excluding hydrogens is 254 g/mol. The minimum atomic E-state index is -1.17. The number of nitrogens with one attached hydrogen (secondary N) is 1. The lowest BCUT2D eigenvalue weighted by molar-refractivity contribution is -0.142. The lowest BCUT2D eigenvalue weighted by Gasteiger charge is -2.12. The normalized spacial score (nSPS) is 12.1. The van der Waals surface area contributed by atoms with Gasteiger partial charge in [0.15, 0.2) is 6.04 Å². The van der Waals surface area contributed by atoms with E-state index < -0.39 is 17.9 Å². The van der Waals surface area contributed by atoms with Crippen LogP contribution in [0.5, 0.6) is 0 Å². The van der Waals surface area contributed by atoms with Crippen molar-refractivity contribution in [2.75, 3.05) is 0 Å². The topological polar surface area (TPSA) is 128 Å². The molecule has 1 amide bonds. The zero-order valence-corrected chi connectivity index (χ0v) is 9.96. The van der Waals surface area contributed by atoms with Crippen molar-refractivity contribution in [3.63, 3.8) is 0 Å². The maximum Gasteiger partial charge on any atom is 0.331 e. The molecule has 2 rings (SSSR count). The molecule has 0 aliphatic heterocycles. The molecule has 0 fully saturated rings. The second-order valence-electron chi connectivity index (χ2n) is 3.79. The molecule has 1 atom stereocenters. The minimum Gasteiger partial charge on any atom is -0.479 e. The number of aromatic nitrogens is 6. The summed E-state index contributed by atoms with van der Waals surface area (Å²) in [5.41, 5.74) is 0.389. The number of hydrogen-bond donors (Lipinski definition) is 2. The van der Waals surface area contributed by atoms with Gasteiger partial charge in [-0.2, -0.15) is 5.10 Å². The molecule has 0 radical (unpaired) electrons. The van der Waals surface area contributed by atoms with Crippen LogP contribution in [0.2, 0.25) is 0 Å². The first-order valence-corrected chi connectivity index (χ1v) is 5.28. The standard InChI is InChI=1S/C9H11N7O3/c1-15-3-6(2-11-15)8(9(18)19)12-7(17)4-16-5-10-13-14-16/h2-3,5,8H,4H2,1H3,(H,12,17)(H,18,19). The van der Waals surface area contributed by atoms with Crippen LogP contribution in [0, 0.1) is 0 Å². The van der Waals surface area contributed by atoms with E-state index in [2.05, 4.69) is 25.9 Å². The van der Waals surface area contributed by atoms with Crippen LogP contribution in [0.25, 0.3) is 0 Å². The van der Waals surface area contributed by atoms with Crippen LogP contribution in [0.4, 0.5) is 0 Å². The number of carboxylic acid groups (broad SMARTS) is 1. The summed E-state index contributed by atoms with van der Waals surface area (Å²) in [4.78, 5) is 22.8. The quantitative estimate of drug-likeness (QED) is 0.662. The smallest absolute Gasteiger partial charge is 0.331 e. The monoisotopic (exact) mass is 265 g/mol. The van der Waals surface area contributed by atoms with Gasteiger partial charge in [0, 0.05) is 18.8 Å². The lowest BCUT2D eigenvalue weighted by Crippen LogP contribution is -2.35. The van der Waals surface area contributed by atoms with Crippen molar-refractivity contribution in [1.29, 1.82) is 0 Å². The number of carboxylic acids is 1. The predicted molar refractivity (Wildman–Crippen MR) is 59.5 cm³/mol. The molecule has 10 nitrogen and oxygen atoms in total. The molecule has 2 N–H and O–H groups in total. The summed E-state index contributed by atoms with van der Waals surface area (Å²) in [5, 5.41) is 25.6. The van der Waals surface area contributed by atoms with Gasteiger partial charge >= 0.3 is 5.97 Å². The summed E-state index contributed by atoms with van der Waals surface area (Å²) >= 11 is 0. The van der Waals surface area contributed by atoms with Gasteiger partial charge in [0.05, 0.1) is 6.20 Å². The van der Waals surface area contributed by atoms with Crippen molar-refractivity contribution in [3.05, 3.63) is 24.3 Å². The molecule has 2 aromatic rings. The van der Waals surface area contributed by atoms with Gasteiger partial charge in [0.1, 0.15) is 12.9 Å². The van der Waals surface area contributed by atoms with Gasteiger partial charge in [-0.1, -0.05) is 0 Å². The number of amides is 1. The summed E-state index contributed by atoms with van der Waals surface area (Å²) in [6.45, 7) is -0.156. The first kappa shape index (κ1) is 12.7. The molecule has 2 aromatic heterocycles. The fourth-order valence-electron chi connectivity index (χ4n) is 1.48. The molecule has 0 bridgehead atoms. The summed E-state index contributed by atoms with van der Waals surface area (Å²) in [6, 6.07) is -1.15. The second kappa shape index (κ2) is 5.25. The Kier molecular flexibility index (Phi) is 3.50.